The van der Waals surface area contributed by atoms with Crippen LogP contribution in [0.4, 0.5) is 5.13 Å². The molecule has 130 valence electrons. The lowest BCUT2D eigenvalue weighted by atomic mass is 10.2. The van der Waals surface area contributed by atoms with E-state index in [9.17, 15) is 4.79 Å². The zero-order chi connectivity index (χ0) is 17.2. The Morgan fingerprint density at radius 3 is 3.28 bits per heavy atom. The van der Waals surface area contributed by atoms with Crippen molar-refractivity contribution in [2.24, 2.45) is 0 Å². The van der Waals surface area contributed by atoms with Gasteiger partial charge in [0.25, 0.3) is 5.56 Å². The number of nitrogens with zero attached hydrogens (tertiary/aromatic N) is 4. The lowest BCUT2D eigenvalue weighted by Crippen LogP contribution is -2.43. The van der Waals surface area contributed by atoms with Gasteiger partial charge in [-0.15, -0.1) is 11.3 Å². The molecule has 25 heavy (non-hydrogen) atoms. The molecule has 1 saturated heterocycles. The number of aromatic nitrogens is 4. The molecule has 1 aliphatic rings. The maximum Gasteiger partial charge on any atom is 0.258 e. The van der Waals surface area contributed by atoms with Crippen LogP contribution < -0.4 is 10.9 Å². The molecule has 0 aliphatic carbocycles. The average Bonchev–Trinajstić information content (AvgIpc) is 3.09. The molecule has 1 unspecified atom stereocenters. The zero-order valence-corrected chi connectivity index (χ0v) is 14.5. The first kappa shape index (κ1) is 16.1. The summed E-state index contributed by atoms with van der Waals surface area (Å²) in [5, 5.41) is 6.55. The molecule has 3 aromatic rings. The monoisotopic (exact) mass is 358 g/mol. The van der Waals surface area contributed by atoms with Crippen molar-refractivity contribution < 1.29 is 4.74 Å². The number of rotatable bonds is 4. The minimum absolute atomic E-state index is 0.155. The first-order valence-corrected chi connectivity index (χ1v) is 8.91. The number of likely N-dealkylation sites (N-methyl/N-ethyl adjacent to an activating group) is 1. The molecule has 8 nitrogen and oxygen atoms in total. The molecule has 0 radical (unpaired) electrons. The van der Waals surface area contributed by atoms with Crippen molar-refractivity contribution in [2.45, 2.75) is 6.10 Å². The number of fused-ring (bicyclic) bond motifs is 1. The van der Waals surface area contributed by atoms with Crippen LogP contribution in [0.15, 0.2) is 28.8 Å². The molecule has 0 bridgehead atoms. The van der Waals surface area contributed by atoms with E-state index in [1.165, 1.54) is 17.7 Å². The van der Waals surface area contributed by atoms with Crippen LogP contribution >= 0.6 is 11.3 Å². The topological polar surface area (TPSA) is 96.0 Å². The Balaban J connectivity index is 1.54. The van der Waals surface area contributed by atoms with Crippen molar-refractivity contribution in [2.75, 3.05) is 38.6 Å². The van der Waals surface area contributed by atoms with Gasteiger partial charge in [0.05, 0.1) is 24.4 Å². The number of pyridine rings is 1. The molecule has 9 heteroatoms. The largest absolute Gasteiger partial charge is 0.374 e. The molecule has 1 fully saturated rings. The number of ether oxygens (including phenoxy) is 1. The van der Waals surface area contributed by atoms with Crippen molar-refractivity contribution in [1.29, 1.82) is 0 Å². The highest BCUT2D eigenvalue weighted by molar-refractivity contribution is 7.14. The summed E-state index contributed by atoms with van der Waals surface area (Å²) in [6.07, 6.45) is 3.15. The number of hydrogen-bond donors (Lipinski definition) is 2. The molecule has 0 amide bonds. The smallest absolute Gasteiger partial charge is 0.258 e. The molecular formula is C16H18N6O2S. The van der Waals surface area contributed by atoms with Gasteiger partial charge in [-0.3, -0.25) is 9.78 Å². The Hall–Kier alpha value is -2.36. The summed E-state index contributed by atoms with van der Waals surface area (Å²) < 4.78 is 5.74. The fraction of sp³-hybridized carbons (Fsp3) is 0.375. The summed E-state index contributed by atoms with van der Waals surface area (Å²) >= 11 is 1.50. The van der Waals surface area contributed by atoms with Crippen molar-refractivity contribution >= 4 is 27.4 Å². The predicted octanol–water partition coefficient (Wildman–Crippen LogP) is 1.18. The van der Waals surface area contributed by atoms with E-state index in [-0.39, 0.29) is 11.7 Å². The van der Waals surface area contributed by atoms with E-state index >= 15 is 0 Å². The fourth-order valence-corrected chi connectivity index (χ4v) is 3.55. The van der Waals surface area contributed by atoms with Crippen LogP contribution in [0.3, 0.4) is 0 Å². The molecule has 3 aromatic heterocycles. The molecule has 0 spiro atoms. The summed E-state index contributed by atoms with van der Waals surface area (Å²) in [6.45, 7) is 3.34. The van der Waals surface area contributed by atoms with Crippen molar-refractivity contribution in [3.8, 4) is 11.4 Å². The Kier molecular flexibility index (Phi) is 4.43. The zero-order valence-electron chi connectivity index (χ0n) is 13.7. The van der Waals surface area contributed by atoms with Crippen molar-refractivity contribution in [3.05, 3.63) is 34.3 Å². The van der Waals surface area contributed by atoms with Gasteiger partial charge < -0.3 is 19.9 Å². The van der Waals surface area contributed by atoms with Crippen LogP contribution in [0.5, 0.6) is 0 Å². The van der Waals surface area contributed by atoms with Crippen LogP contribution in [0.2, 0.25) is 0 Å². The number of thiazole rings is 1. The van der Waals surface area contributed by atoms with E-state index in [1.807, 2.05) is 5.38 Å². The normalized spacial score (nSPS) is 18.5. The molecular weight excluding hydrogens is 340 g/mol. The molecule has 2 N–H and O–H groups in total. The van der Waals surface area contributed by atoms with Crippen molar-refractivity contribution in [1.82, 2.24) is 24.8 Å². The Labute approximate surface area is 147 Å². The first-order chi connectivity index (χ1) is 12.2. The van der Waals surface area contributed by atoms with Crippen LogP contribution in [0.25, 0.3) is 22.3 Å². The third kappa shape index (κ3) is 3.39. The number of H-pyrrole nitrogens is 1. The summed E-state index contributed by atoms with van der Waals surface area (Å²) in [5.74, 6) is 0. The number of nitrogens with one attached hydrogen (secondary N) is 2. The predicted molar refractivity (Wildman–Crippen MR) is 97.0 cm³/mol. The van der Waals surface area contributed by atoms with Gasteiger partial charge in [0.2, 0.25) is 0 Å². The Bertz CT molecular complexity index is 940. The van der Waals surface area contributed by atoms with Gasteiger partial charge in [0, 0.05) is 31.2 Å². The second-order valence-electron chi connectivity index (χ2n) is 5.96. The molecule has 4 heterocycles. The number of aromatic amines is 1. The highest BCUT2D eigenvalue weighted by atomic mass is 32.1. The highest BCUT2D eigenvalue weighted by Crippen LogP contribution is 2.27. The SMILES string of the molecule is CN1CCOC(CNc2nc(-c3nccc4c(=O)[nH]cnc34)cs2)C1. The second kappa shape index (κ2) is 6.87. The van der Waals surface area contributed by atoms with Crippen molar-refractivity contribution in [3.63, 3.8) is 0 Å². The van der Waals surface area contributed by atoms with E-state index in [1.54, 1.807) is 12.3 Å². The first-order valence-electron chi connectivity index (χ1n) is 8.03. The Morgan fingerprint density at radius 2 is 2.40 bits per heavy atom. The van der Waals surface area contributed by atoms with Gasteiger partial charge in [0.15, 0.2) is 5.13 Å². The van der Waals surface area contributed by atoms with E-state index in [2.05, 4.69) is 37.2 Å². The summed E-state index contributed by atoms with van der Waals surface area (Å²) in [7, 11) is 2.10. The van der Waals surface area contributed by atoms with E-state index in [0.29, 0.717) is 28.8 Å². The highest BCUT2D eigenvalue weighted by Gasteiger charge is 2.18. The van der Waals surface area contributed by atoms with Gasteiger partial charge in [-0.05, 0) is 13.1 Å². The van der Waals surface area contributed by atoms with E-state index in [0.717, 1.165) is 24.8 Å². The van der Waals surface area contributed by atoms with Crippen LogP contribution in [0, 0.1) is 0 Å². The van der Waals surface area contributed by atoms with E-state index in [4.69, 9.17) is 4.74 Å². The number of anilines is 1. The van der Waals surface area contributed by atoms with Crippen LogP contribution in [0.1, 0.15) is 0 Å². The van der Waals surface area contributed by atoms with Gasteiger partial charge in [-0.25, -0.2) is 9.97 Å². The Morgan fingerprint density at radius 1 is 1.48 bits per heavy atom. The quantitative estimate of drug-likeness (QED) is 0.723. The minimum atomic E-state index is -0.180. The van der Waals surface area contributed by atoms with Gasteiger partial charge in [0.1, 0.15) is 16.9 Å². The van der Waals surface area contributed by atoms with Gasteiger partial charge >= 0.3 is 0 Å². The number of morpholine rings is 1. The number of hydrogen-bond acceptors (Lipinski definition) is 8. The third-order valence-corrected chi connectivity index (χ3v) is 4.93. The molecule has 1 atom stereocenters. The van der Waals surface area contributed by atoms with Gasteiger partial charge in [-0.2, -0.15) is 0 Å². The molecule has 4 rings (SSSR count). The minimum Gasteiger partial charge on any atom is -0.374 e. The third-order valence-electron chi connectivity index (χ3n) is 4.13. The van der Waals surface area contributed by atoms with Crippen LogP contribution in [-0.4, -0.2) is 64.2 Å². The standard InChI is InChI=1S/C16H18N6O2S/c1-22-4-5-24-10(7-22)6-18-16-21-12(8-25-16)14-13-11(2-3-17-14)15(23)20-9-19-13/h2-3,8-10H,4-7H2,1H3,(H,18,21)(H,19,20,23). The van der Waals surface area contributed by atoms with Crippen LogP contribution in [-0.2, 0) is 4.74 Å². The fourth-order valence-electron chi connectivity index (χ4n) is 2.84. The lowest BCUT2D eigenvalue weighted by Gasteiger charge is -2.29. The summed E-state index contributed by atoms with van der Waals surface area (Å²) in [4.78, 5) is 29.9. The molecule has 0 aromatic carbocycles. The summed E-state index contributed by atoms with van der Waals surface area (Å²) in [5.41, 5.74) is 1.69. The maximum atomic E-state index is 11.9. The molecule has 1 aliphatic heterocycles. The summed E-state index contributed by atoms with van der Waals surface area (Å²) in [6, 6.07) is 1.66. The molecule has 0 saturated carbocycles. The second-order valence-corrected chi connectivity index (χ2v) is 6.82. The van der Waals surface area contributed by atoms with Gasteiger partial charge in [-0.1, -0.05) is 0 Å². The lowest BCUT2D eigenvalue weighted by molar-refractivity contribution is -0.0117. The maximum absolute atomic E-state index is 11.9. The average molecular weight is 358 g/mol. The van der Waals surface area contributed by atoms with E-state index < -0.39 is 0 Å².